The van der Waals surface area contributed by atoms with Crippen LogP contribution in [0.3, 0.4) is 0 Å². The third kappa shape index (κ3) is 3.06. The number of anilines is 1. The predicted molar refractivity (Wildman–Crippen MR) is 71.5 cm³/mol. The second-order valence-electron chi connectivity index (χ2n) is 3.50. The van der Waals surface area contributed by atoms with Crippen molar-refractivity contribution < 1.29 is 9.72 Å². The second-order valence-corrected chi connectivity index (χ2v) is 5.80. The third-order valence-corrected chi connectivity index (χ3v) is 4.05. The van der Waals surface area contributed by atoms with Gasteiger partial charge in [-0.3, -0.25) is 14.9 Å². The van der Waals surface area contributed by atoms with E-state index < -0.39 is 4.92 Å². The van der Waals surface area contributed by atoms with Crippen LogP contribution < -0.4 is 5.73 Å². The molecule has 19 heavy (non-hydrogen) atoms. The molecule has 2 rings (SSSR count). The number of nitrogen functional groups attached to an aromatic ring is 1. The van der Waals surface area contributed by atoms with Gasteiger partial charge in [0.1, 0.15) is 0 Å². The van der Waals surface area contributed by atoms with Gasteiger partial charge in [0.05, 0.1) is 9.82 Å². The molecule has 0 amide bonds. The summed E-state index contributed by atoms with van der Waals surface area (Å²) in [5.74, 6) is -0.222. The molecule has 0 saturated carbocycles. The van der Waals surface area contributed by atoms with Gasteiger partial charge in [0, 0.05) is 11.6 Å². The minimum Gasteiger partial charge on any atom is -0.374 e. The van der Waals surface area contributed by atoms with Crippen molar-refractivity contribution in [2.75, 3.05) is 5.73 Å². The highest BCUT2D eigenvalue weighted by Gasteiger charge is 2.18. The molecule has 9 heteroatoms. The van der Waals surface area contributed by atoms with Crippen LogP contribution in [0.25, 0.3) is 0 Å². The Labute approximate surface area is 116 Å². The number of carbonyl (C=O) groups is 1. The van der Waals surface area contributed by atoms with Gasteiger partial charge in [-0.15, -0.1) is 10.2 Å². The predicted octanol–water partition coefficient (Wildman–Crippen LogP) is 2.38. The number of rotatable bonds is 4. The lowest BCUT2D eigenvalue weighted by Crippen LogP contribution is -1.96. The van der Waals surface area contributed by atoms with E-state index in [-0.39, 0.29) is 11.5 Å². The van der Waals surface area contributed by atoms with Crippen molar-refractivity contribution >= 4 is 39.7 Å². The van der Waals surface area contributed by atoms with Crippen LogP contribution in [0.15, 0.2) is 27.4 Å². The first kappa shape index (κ1) is 13.4. The van der Waals surface area contributed by atoms with Crippen molar-refractivity contribution in [1.82, 2.24) is 10.2 Å². The van der Waals surface area contributed by atoms with Crippen molar-refractivity contribution in [3.63, 3.8) is 0 Å². The number of nitrogens with zero attached hydrogens (tertiary/aromatic N) is 3. The SMILES string of the molecule is CC(=O)c1ccc(Sc2nnc(N)s2)c([N+](=O)[O-])c1. The number of hydrogen-bond donors (Lipinski definition) is 1. The van der Waals surface area contributed by atoms with Gasteiger partial charge in [-0.05, 0) is 30.8 Å². The number of aromatic nitrogens is 2. The molecule has 0 fully saturated rings. The summed E-state index contributed by atoms with van der Waals surface area (Å²) in [7, 11) is 0. The normalized spacial score (nSPS) is 10.4. The van der Waals surface area contributed by atoms with Crippen LogP contribution >= 0.6 is 23.1 Å². The highest BCUT2D eigenvalue weighted by Crippen LogP contribution is 2.37. The van der Waals surface area contributed by atoms with Gasteiger partial charge in [0.25, 0.3) is 5.69 Å². The minimum atomic E-state index is -0.529. The molecule has 0 unspecified atom stereocenters. The Kier molecular flexibility index (Phi) is 3.76. The fourth-order valence-electron chi connectivity index (χ4n) is 1.32. The van der Waals surface area contributed by atoms with Crippen molar-refractivity contribution in [3.05, 3.63) is 33.9 Å². The van der Waals surface area contributed by atoms with Gasteiger partial charge in [-0.25, -0.2) is 0 Å². The van der Waals surface area contributed by atoms with Crippen molar-refractivity contribution in [3.8, 4) is 0 Å². The third-order valence-electron chi connectivity index (χ3n) is 2.18. The number of benzene rings is 1. The van der Waals surface area contributed by atoms with E-state index in [1.165, 1.54) is 19.1 Å². The molecule has 7 nitrogen and oxygen atoms in total. The fourth-order valence-corrected chi connectivity index (χ4v) is 3.00. The van der Waals surface area contributed by atoms with E-state index in [1.807, 2.05) is 0 Å². The Hall–Kier alpha value is -2.00. The molecule has 0 radical (unpaired) electrons. The van der Waals surface area contributed by atoms with Crippen LogP contribution in [0.1, 0.15) is 17.3 Å². The van der Waals surface area contributed by atoms with Crippen LogP contribution in [0.2, 0.25) is 0 Å². The average molecular weight is 296 g/mol. The van der Waals surface area contributed by atoms with Crippen LogP contribution in [-0.2, 0) is 0 Å². The number of hydrogen-bond acceptors (Lipinski definition) is 8. The first-order valence-corrected chi connectivity index (χ1v) is 6.67. The lowest BCUT2D eigenvalue weighted by atomic mass is 10.1. The Morgan fingerprint density at radius 1 is 1.47 bits per heavy atom. The molecule has 2 aromatic rings. The van der Waals surface area contributed by atoms with E-state index in [0.29, 0.717) is 19.9 Å². The van der Waals surface area contributed by atoms with Crippen LogP contribution in [0, 0.1) is 10.1 Å². The molecule has 0 aliphatic carbocycles. The van der Waals surface area contributed by atoms with Crippen LogP contribution in [-0.4, -0.2) is 20.9 Å². The molecule has 0 bridgehead atoms. The summed E-state index contributed by atoms with van der Waals surface area (Å²) in [6.07, 6.45) is 0. The van der Waals surface area contributed by atoms with E-state index in [1.54, 1.807) is 6.07 Å². The molecule has 98 valence electrons. The molecule has 0 atom stereocenters. The largest absolute Gasteiger partial charge is 0.374 e. The smallest absolute Gasteiger partial charge is 0.284 e. The Morgan fingerprint density at radius 3 is 2.74 bits per heavy atom. The minimum absolute atomic E-state index is 0.133. The number of nitro groups is 1. The lowest BCUT2D eigenvalue weighted by molar-refractivity contribution is -0.387. The average Bonchev–Trinajstić information content (AvgIpc) is 2.74. The zero-order valence-corrected chi connectivity index (χ0v) is 11.3. The number of ketones is 1. The maximum Gasteiger partial charge on any atom is 0.284 e. The number of Topliss-reactive ketones (excluding diaryl/α,β-unsaturated/α-hetero) is 1. The van der Waals surface area contributed by atoms with Gasteiger partial charge < -0.3 is 5.73 Å². The topological polar surface area (TPSA) is 112 Å². The van der Waals surface area contributed by atoms with E-state index in [9.17, 15) is 14.9 Å². The molecule has 1 aromatic carbocycles. The van der Waals surface area contributed by atoms with Crippen molar-refractivity contribution in [1.29, 1.82) is 0 Å². The Morgan fingerprint density at radius 2 is 2.21 bits per heavy atom. The fraction of sp³-hybridized carbons (Fsp3) is 0.100. The molecular weight excluding hydrogens is 288 g/mol. The van der Waals surface area contributed by atoms with Crippen LogP contribution in [0.5, 0.6) is 0 Å². The lowest BCUT2D eigenvalue weighted by Gasteiger charge is -2.01. The first-order chi connectivity index (χ1) is 8.97. The van der Waals surface area contributed by atoms with Crippen molar-refractivity contribution in [2.45, 2.75) is 16.2 Å². The highest BCUT2D eigenvalue weighted by molar-refractivity contribution is 8.01. The maximum atomic E-state index is 11.2. The van der Waals surface area contributed by atoms with Crippen molar-refractivity contribution in [2.24, 2.45) is 0 Å². The molecule has 1 aromatic heterocycles. The Bertz CT molecular complexity index is 656. The first-order valence-electron chi connectivity index (χ1n) is 5.03. The molecule has 0 aliphatic heterocycles. The van der Waals surface area contributed by atoms with Crippen LogP contribution in [0.4, 0.5) is 10.8 Å². The van der Waals surface area contributed by atoms with Gasteiger partial charge >= 0.3 is 0 Å². The van der Waals surface area contributed by atoms with E-state index in [4.69, 9.17) is 5.73 Å². The summed E-state index contributed by atoms with van der Waals surface area (Å²) >= 11 is 2.24. The summed E-state index contributed by atoms with van der Waals surface area (Å²) in [6.45, 7) is 1.36. The molecule has 2 N–H and O–H groups in total. The highest BCUT2D eigenvalue weighted by atomic mass is 32.2. The molecule has 0 spiro atoms. The molecular formula is C10H8N4O3S2. The molecule has 0 saturated heterocycles. The van der Waals surface area contributed by atoms with Gasteiger partial charge in [-0.1, -0.05) is 11.3 Å². The van der Waals surface area contributed by atoms with Gasteiger partial charge in [0.15, 0.2) is 10.1 Å². The van der Waals surface area contributed by atoms with Gasteiger partial charge in [0.2, 0.25) is 5.13 Å². The zero-order chi connectivity index (χ0) is 14.0. The Balaban J connectivity index is 2.39. The monoisotopic (exact) mass is 296 g/mol. The quantitative estimate of drug-likeness (QED) is 0.523. The van der Waals surface area contributed by atoms with E-state index in [2.05, 4.69) is 10.2 Å². The summed E-state index contributed by atoms with van der Waals surface area (Å²) in [5, 5.41) is 18.7. The zero-order valence-electron chi connectivity index (χ0n) is 9.69. The number of nitro benzene ring substituents is 1. The summed E-state index contributed by atoms with van der Waals surface area (Å²) in [4.78, 5) is 22.1. The van der Waals surface area contributed by atoms with Gasteiger partial charge in [-0.2, -0.15) is 0 Å². The molecule has 0 aliphatic rings. The summed E-state index contributed by atoms with van der Waals surface area (Å²) in [5.41, 5.74) is 5.61. The van der Waals surface area contributed by atoms with E-state index >= 15 is 0 Å². The van der Waals surface area contributed by atoms with E-state index in [0.717, 1.165) is 23.1 Å². The standard InChI is InChI=1S/C10H8N4O3S2/c1-5(15)6-2-3-8(7(4-6)14(16)17)18-10-13-12-9(11)19-10/h2-4H,1H3,(H2,11,12). The number of nitrogens with two attached hydrogens (primary N) is 1. The number of carbonyl (C=O) groups excluding carboxylic acids is 1. The summed E-state index contributed by atoms with van der Waals surface area (Å²) < 4.78 is 0.510. The molecule has 1 heterocycles. The summed E-state index contributed by atoms with van der Waals surface area (Å²) in [6, 6.07) is 4.33. The maximum absolute atomic E-state index is 11.2. The second kappa shape index (κ2) is 5.33.